The van der Waals surface area contributed by atoms with Crippen molar-refractivity contribution in [1.29, 1.82) is 0 Å². The quantitative estimate of drug-likeness (QED) is 0.853. The van der Waals surface area contributed by atoms with Crippen LogP contribution in [-0.2, 0) is 14.8 Å². The van der Waals surface area contributed by atoms with Gasteiger partial charge in [0.05, 0.1) is 12.2 Å². The van der Waals surface area contributed by atoms with Gasteiger partial charge in [0.2, 0.25) is 15.9 Å². The molecule has 1 heterocycles. The summed E-state index contributed by atoms with van der Waals surface area (Å²) in [5, 5.41) is 6.40. The fourth-order valence-corrected chi connectivity index (χ4v) is 4.15. The summed E-state index contributed by atoms with van der Waals surface area (Å²) >= 11 is 0. The van der Waals surface area contributed by atoms with E-state index in [1.807, 2.05) is 24.3 Å². The molecule has 3 rings (SSSR count). The fourth-order valence-electron chi connectivity index (χ4n) is 3.25. The zero-order chi connectivity index (χ0) is 17.2. The lowest BCUT2D eigenvalue weighted by atomic mass is 9.95. The van der Waals surface area contributed by atoms with Crippen LogP contribution in [0.5, 0.6) is 0 Å². The van der Waals surface area contributed by atoms with Crippen molar-refractivity contribution in [2.45, 2.75) is 38.1 Å². The molecule has 0 atom stereocenters. The van der Waals surface area contributed by atoms with Crippen molar-refractivity contribution >= 4 is 27.3 Å². The van der Waals surface area contributed by atoms with Gasteiger partial charge in [-0.1, -0.05) is 19.3 Å². The smallest absolute Gasteiger partial charge is 0.230 e. The Morgan fingerprint density at radius 3 is 2.21 bits per heavy atom. The Labute approximate surface area is 143 Å². The van der Waals surface area contributed by atoms with Crippen LogP contribution in [0.4, 0.5) is 11.4 Å². The second-order valence-electron chi connectivity index (χ2n) is 6.82. The van der Waals surface area contributed by atoms with E-state index in [2.05, 4.69) is 10.6 Å². The van der Waals surface area contributed by atoms with E-state index in [0.29, 0.717) is 6.04 Å². The first-order valence-corrected chi connectivity index (χ1v) is 10.4. The van der Waals surface area contributed by atoms with Crippen molar-refractivity contribution < 1.29 is 13.2 Å². The minimum atomic E-state index is -3.18. The molecule has 24 heavy (non-hydrogen) atoms. The van der Waals surface area contributed by atoms with Crippen molar-refractivity contribution in [3.63, 3.8) is 0 Å². The maximum Gasteiger partial charge on any atom is 0.230 e. The number of rotatable bonds is 5. The minimum absolute atomic E-state index is 0.122. The number of carbonyl (C=O) groups excluding carboxylic acids is 1. The van der Waals surface area contributed by atoms with Gasteiger partial charge in [0.25, 0.3) is 0 Å². The monoisotopic (exact) mass is 351 g/mol. The number of nitrogens with zero attached hydrogens (tertiary/aromatic N) is 1. The molecule has 6 nitrogen and oxygen atoms in total. The summed E-state index contributed by atoms with van der Waals surface area (Å²) in [4.78, 5) is 12.1. The van der Waals surface area contributed by atoms with Crippen LogP contribution in [0.2, 0.25) is 0 Å². The van der Waals surface area contributed by atoms with Gasteiger partial charge in [-0.25, -0.2) is 12.7 Å². The summed E-state index contributed by atoms with van der Waals surface area (Å²) in [6, 6.07) is 8.28. The van der Waals surface area contributed by atoms with E-state index < -0.39 is 10.0 Å². The van der Waals surface area contributed by atoms with Crippen LogP contribution in [0, 0.1) is 5.92 Å². The lowest BCUT2D eigenvalue weighted by molar-refractivity contribution is -0.122. The summed E-state index contributed by atoms with van der Waals surface area (Å²) in [6.45, 7) is 0.540. The molecule has 1 aromatic carbocycles. The molecule has 1 amide bonds. The predicted octanol–water partition coefficient (Wildman–Crippen LogP) is 2.26. The van der Waals surface area contributed by atoms with Crippen molar-refractivity contribution in [3.8, 4) is 0 Å². The number of amides is 1. The second kappa shape index (κ2) is 7.11. The highest BCUT2D eigenvalue weighted by molar-refractivity contribution is 7.88. The van der Waals surface area contributed by atoms with Gasteiger partial charge in [0.15, 0.2) is 0 Å². The Hall–Kier alpha value is -1.60. The number of sulfonamides is 1. The van der Waals surface area contributed by atoms with Crippen molar-refractivity contribution in [2.24, 2.45) is 5.92 Å². The first kappa shape index (κ1) is 17.2. The normalized spacial score (nSPS) is 20.4. The first-order chi connectivity index (χ1) is 11.4. The van der Waals surface area contributed by atoms with Gasteiger partial charge in [0.1, 0.15) is 0 Å². The number of anilines is 2. The summed E-state index contributed by atoms with van der Waals surface area (Å²) < 4.78 is 24.0. The van der Waals surface area contributed by atoms with Gasteiger partial charge in [-0.3, -0.25) is 4.79 Å². The lowest BCUT2D eigenvalue weighted by Gasteiger charge is -2.35. The van der Waals surface area contributed by atoms with Crippen LogP contribution in [0.1, 0.15) is 32.1 Å². The summed E-state index contributed by atoms with van der Waals surface area (Å²) in [5.74, 6) is -0.386. The highest BCUT2D eigenvalue weighted by Crippen LogP contribution is 2.24. The number of benzene rings is 1. The maximum atomic E-state index is 12.1. The SMILES string of the molecule is CS(=O)(=O)N1CC(C(=O)Nc2ccc(NC3CCCCC3)cc2)C1. The van der Waals surface area contributed by atoms with E-state index in [4.69, 9.17) is 0 Å². The zero-order valence-corrected chi connectivity index (χ0v) is 14.8. The zero-order valence-electron chi connectivity index (χ0n) is 14.0. The standard InChI is InChI=1S/C17H25N3O3S/c1-24(22,23)20-11-13(12-20)17(21)19-16-9-7-15(8-10-16)18-14-5-3-2-4-6-14/h7-10,13-14,18H,2-6,11-12H2,1H3,(H,19,21). The van der Waals surface area contributed by atoms with Gasteiger partial charge in [0, 0.05) is 30.5 Å². The van der Waals surface area contributed by atoms with E-state index in [-0.39, 0.29) is 24.9 Å². The molecule has 2 fully saturated rings. The van der Waals surface area contributed by atoms with E-state index in [1.54, 1.807) is 0 Å². The Morgan fingerprint density at radius 1 is 1.04 bits per heavy atom. The molecule has 1 aliphatic carbocycles. The molecule has 132 valence electrons. The lowest BCUT2D eigenvalue weighted by Crippen LogP contribution is -2.53. The molecular formula is C17H25N3O3S. The fraction of sp³-hybridized carbons (Fsp3) is 0.588. The molecule has 1 aromatic rings. The molecule has 1 saturated heterocycles. The largest absolute Gasteiger partial charge is 0.382 e. The Morgan fingerprint density at radius 2 is 1.62 bits per heavy atom. The molecule has 7 heteroatoms. The average Bonchev–Trinajstić information content (AvgIpc) is 2.47. The first-order valence-electron chi connectivity index (χ1n) is 8.54. The number of carbonyl (C=O) groups is 1. The van der Waals surface area contributed by atoms with Gasteiger partial charge >= 0.3 is 0 Å². The molecule has 2 N–H and O–H groups in total. The average molecular weight is 351 g/mol. The summed E-state index contributed by atoms with van der Waals surface area (Å²) in [7, 11) is -3.18. The molecule has 0 aromatic heterocycles. The molecule has 1 saturated carbocycles. The van der Waals surface area contributed by atoms with Gasteiger partial charge in [-0.15, -0.1) is 0 Å². The third kappa shape index (κ3) is 4.27. The third-order valence-electron chi connectivity index (χ3n) is 4.82. The molecule has 0 radical (unpaired) electrons. The molecule has 0 spiro atoms. The molecule has 2 aliphatic rings. The highest BCUT2D eigenvalue weighted by atomic mass is 32.2. The van der Waals surface area contributed by atoms with Crippen LogP contribution < -0.4 is 10.6 Å². The molecule has 1 aliphatic heterocycles. The Kier molecular flexibility index (Phi) is 5.10. The second-order valence-corrected chi connectivity index (χ2v) is 8.81. The summed E-state index contributed by atoms with van der Waals surface area (Å²) in [6.07, 6.45) is 7.52. The van der Waals surface area contributed by atoms with Gasteiger partial charge in [-0.05, 0) is 37.1 Å². The van der Waals surface area contributed by atoms with Crippen molar-refractivity contribution in [3.05, 3.63) is 24.3 Å². The third-order valence-corrected chi connectivity index (χ3v) is 6.05. The van der Waals surface area contributed by atoms with Gasteiger partial charge in [-0.2, -0.15) is 0 Å². The van der Waals surface area contributed by atoms with E-state index in [9.17, 15) is 13.2 Å². The van der Waals surface area contributed by atoms with Crippen molar-refractivity contribution in [2.75, 3.05) is 30.0 Å². The Bertz CT molecular complexity index is 676. The predicted molar refractivity (Wildman–Crippen MR) is 95.5 cm³/mol. The van der Waals surface area contributed by atoms with Crippen LogP contribution in [0.25, 0.3) is 0 Å². The van der Waals surface area contributed by atoms with E-state index in [1.165, 1.54) is 42.7 Å². The van der Waals surface area contributed by atoms with E-state index in [0.717, 1.165) is 11.4 Å². The van der Waals surface area contributed by atoms with Crippen LogP contribution in [-0.4, -0.2) is 44.0 Å². The van der Waals surface area contributed by atoms with Crippen molar-refractivity contribution in [1.82, 2.24) is 4.31 Å². The topological polar surface area (TPSA) is 78.5 Å². The van der Waals surface area contributed by atoms with E-state index >= 15 is 0 Å². The summed E-state index contributed by atoms with van der Waals surface area (Å²) in [5.41, 5.74) is 1.82. The number of nitrogens with one attached hydrogen (secondary N) is 2. The molecule has 0 unspecified atom stereocenters. The van der Waals surface area contributed by atoms with Crippen LogP contribution >= 0.6 is 0 Å². The Balaban J connectivity index is 1.48. The molecular weight excluding hydrogens is 326 g/mol. The maximum absolute atomic E-state index is 12.1. The van der Waals surface area contributed by atoms with Gasteiger partial charge < -0.3 is 10.6 Å². The highest BCUT2D eigenvalue weighted by Gasteiger charge is 2.37. The minimum Gasteiger partial charge on any atom is -0.382 e. The van der Waals surface area contributed by atoms with Crippen LogP contribution in [0.3, 0.4) is 0 Å². The van der Waals surface area contributed by atoms with Crippen LogP contribution in [0.15, 0.2) is 24.3 Å². The number of hydrogen-bond donors (Lipinski definition) is 2. The molecule has 0 bridgehead atoms. The number of hydrogen-bond acceptors (Lipinski definition) is 4.